The molecule has 3 heteroatoms. The minimum atomic E-state index is 0. The molecular formula is C10H11NO2. The van der Waals surface area contributed by atoms with Crippen molar-refractivity contribution in [3.8, 4) is 0 Å². The van der Waals surface area contributed by atoms with Crippen LogP contribution in [0.1, 0.15) is 11.5 Å². The molecule has 0 saturated carbocycles. The molecule has 0 aliphatic carbocycles. The average Bonchev–Trinajstić information content (AvgIpc) is 2.74. The molecule has 2 heterocycles. The SMILES string of the molecule is C(=Cc1ccco1)c1ccco1.N. The maximum absolute atomic E-state index is 5.10. The second kappa shape index (κ2) is 4.33. The lowest BCUT2D eigenvalue weighted by atomic mass is 10.3. The number of hydrogen-bond donors (Lipinski definition) is 1. The van der Waals surface area contributed by atoms with Gasteiger partial charge in [-0.05, 0) is 36.4 Å². The Morgan fingerprint density at radius 1 is 0.846 bits per heavy atom. The molecule has 13 heavy (non-hydrogen) atoms. The molecule has 0 aromatic carbocycles. The molecule has 3 nitrogen and oxygen atoms in total. The first-order valence-corrected chi connectivity index (χ1v) is 3.70. The predicted molar refractivity (Wildman–Crippen MR) is 51.4 cm³/mol. The van der Waals surface area contributed by atoms with E-state index in [1.54, 1.807) is 12.5 Å². The zero-order chi connectivity index (χ0) is 8.23. The monoisotopic (exact) mass is 177 g/mol. The molecule has 0 saturated heterocycles. The first-order valence-electron chi connectivity index (χ1n) is 3.70. The van der Waals surface area contributed by atoms with Gasteiger partial charge in [-0.1, -0.05) is 0 Å². The molecule has 0 spiro atoms. The van der Waals surface area contributed by atoms with Crippen LogP contribution in [0.15, 0.2) is 45.6 Å². The molecule has 0 fully saturated rings. The van der Waals surface area contributed by atoms with E-state index >= 15 is 0 Å². The van der Waals surface area contributed by atoms with Crippen LogP contribution in [0, 0.1) is 0 Å². The molecule has 3 N–H and O–H groups in total. The van der Waals surface area contributed by atoms with Crippen LogP contribution >= 0.6 is 0 Å². The van der Waals surface area contributed by atoms with Gasteiger partial charge in [-0.15, -0.1) is 0 Å². The Kier molecular flexibility index (Phi) is 3.11. The average molecular weight is 177 g/mol. The Morgan fingerprint density at radius 2 is 1.31 bits per heavy atom. The Morgan fingerprint density at radius 3 is 1.62 bits per heavy atom. The van der Waals surface area contributed by atoms with Crippen LogP contribution in [0.3, 0.4) is 0 Å². The standard InChI is InChI=1S/C10H8O2.H3N/c1-3-9(11-7-1)5-6-10-4-2-8-12-10;/h1-8H;1H3. The van der Waals surface area contributed by atoms with Crippen LogP contribution in [0.25, 0.3) is 12.2 Å². The summed E-state index contributed by atoms with van der Waals surface area (Å²) < 4.78 is 10.2. The zero-order valence-corrected chi connectivity index (χ0v) is 7.14. The van der Waals surface area contributed by atoms with Gasteiger partial charge in [0.1, 0.15) is 11.5 Å². The maximum Gasteiger partial charge on any atom is 0.126 e. The smallest absolute Gasteiger partial charge is 0.126 e. The van der Waals surface area contributed by atoms with E-state index in [1.807, 2.05) is 36.4 Å². The summed E-state index contributed by atoms with van der Waals surface area (Å²) in [5.74, 6) is 1.65. The quantitative estimate of drug-likeness (QED) is 0.766. The maximum atomic E-state index is 5.10. The minimum Gasteiger partial charge on any atom is -0.465 e. The Balaban J connectivity index is 0.000000845. The van der Waals surface area contributed by atoms with Crippen molar-refractivity contribution in [2.75, 3.05) is 0 Å². The van der Waals surface area contributed by atoms with Gasteiger partial charge >= 0.3 is 0 Å². The molecule has 0 aliphatic rings. The van der Waals surface area contributed by atoms with Crippen molar-refractivity contribution in [2.45, 2.75) is 0 Å². The summed E-state index contributed by atoms with van der Waals surface area (Å²) in [6, 6.07) is 7.47. The van der Waals surface area contributed by atoms with Crippen molar-refractivity contribution in [3.05, 3.63) is 48.3 Å². The number of hydrogen-bond acceptors (Lipinski definition) is 3. The summed E-state index contributed by atoms with van der Waals surface area (Å²) in [4.78, 5) is 0. The molecular weight excluding hydrogens is 166 g/mol. The summed E-state index contributed by atoms with van der Waals surface area (Å²) in [5, 5.41) is 0. The van der Waals surface area contributed by atoms with Crippen LogP contribution < -0.4 is 6.15 Å². The van der Waals surface area contributed by atoms with Crippen molar-refractivity contribution in [3.63, 3.8) is 0 Å². The lowest BCUT2D eigenvalue weighted by molar-refractivity contribution is 0.552. The van der Waals surface area contributed by atoms with E-state index in [0.717, 1.165) is 11.5 Å². The summed E-state index contributed by atoms with van der Waals surface area (Å²) in [7, 11) is 0. The van der Waals surface area contributed by atoms with E-state index in [0.29, 0.717) is 0 Å². The fourth-order valence-electron chi connectivity index (χ4n) is 0.936. The molecule has 0 amide bonds. The van der Waals surface area contributed by atoms with Crippen molar-refractivity contribution in [2.24, 2.45) is 0 Å². The van der Waals surface area contributed by atoms with E-state index in [4.69, 9.17) is 8.83 Å². The van der Waals surface area contributed by atoms with Crippen molar-refractivity contribution in [1.82, 2.24) is 6.15 Å². The molecule has 0 radical (unpaired) electrons. The van der Waals surface area contributed by atoms with E-state index in [1.165, 1.54) is 0 Å². The molecule has 2 aromatic heterocycles. The Bertz CT molecular complexity index is 310. The van der Waals surface area contributed by atoms with Gasteiger partial charge in [0.25, 0.3) is 0 Å². The van der Waals surface area contributed by atoms with E-state index < -0.39 is 0 Å². The van der Waals surface area contributed by atoms with Gasteiger partial charge in [0.05, 0.1) is 12.5 Å². The van der Waals surface area contributed by atoms with Crippen LogP contribution in [0.4, 0.5) is 0 Å². The Hall–Kier alpha value is -1.74. The molecule has 0 atom stereocenters. The highest BCUT2D eigenvalue weighted by Crippen LogP contribution is 2.08. The van der Waals surface area contributed by atoms with Crippen molar-refractivity contribution < 1.29 is 8.83 Å². The van der Waals surface area contributed by atoms with E-state index in [-0.39, 0.29) is 6.15 Å². The largest absolute Gasteiger partial charge is 0.465 e. The second-order valence-electron chi connectivity index (χ2n) is 2.36. The van der Waals surface area contributed by atoms with Gasteiger partial charge in [0, 0.05) is 0 Å². The lowest BCUT2D eigenvalue weighted by Crippen LogP contribution is -1.61. The van der Waals surface area contributed by atoms with Gasteiger partial charge in [-0.2, -0.15) is 0 Å². The van der Waals surface area contributed by atoms with Crippen LogP contribution in [0.5, 0.6) is 0 Å². The normalized spacial score (nSPS) is 10.2. The van der Waals surface area contributed by atoms with Gasteiger partial charge in [-0.25, -0.2) is 0 Å². The first-order chi connectivity index (χ1) is 5.95. The molecule has 2 aromatic rings. The zero-order valence-electron chi connectivity index (χ0n) is 7.14. The fourth-order valence-corrected chi connectivity index (χ4v) is 0.936. The molecule has 0 bridgehead atoms. The van der Waals surface area contributed by atoms with Gasteiger partial charge in [0.15, 0.2) is 0 Å². The minimum absolute atomic E-state index is 0. The van der Waals surface area contributed by atoms with Crippen LogP contribution in [-0.2, 0) is 0 Å². The predicted octanol–water partition coefficient (Wildman–Crippen LogP) is 3.21. The highest BCUT2D eigenvalue weighted by atomic mass is 16.3. The summed E-state index contributed by atoms with van der Waals surface area (Å²) >= 11 is 0. The van der Waals surface area contributed by atoms with Gasteiger partial charge in [0.2, 0.25) is 0 Å². The van der Waals surface area contributed by atoms with E-state index in [2.05, 4.69) is 0 Å². The second-order valence-corrected chi connectivity index (χ2v) is 2.36. The summed E-state index contributed by atoms with van der Waals surface area (Å²) in [6.45, 7) is 0. The third-order valence-electron chi connectivity index (χ3n) is 1.50. The fraction of sp³-hybridized carbons (Fsp3) is 0. The third kappa shape index (κ3) is 2.35. The molecule has 0 unspecified atom stereocenters. The van der Waals surface area contributed by atoms with Crippen molar-refractivity contribution >= 4 is 12.2 Å². The highest BCUT2D eigenvalue weighted by Gasteiger charge is 1.89. The van der Waals surface area contributed by atoms with Crippen molar-refractivity contribution in [1.29, 1.82) is 0 Å². The summed E-state index contributed by atoms with van der Waals surface area (Å²) in [6.07, 6.45) is 7.00. The highest BCUT2D eigenvalue weighted by molar-refractivity contribution is 5.64. The molecule has 2 rings (SSSR count). The van der Waals surface area contributed by atoms with Gasteiger partial charge < -0.3 is 15.0 Å². The topological polar surface area (TPSA) is 61.3 Å². The first kappa shape index (κ1) is 9.35. The van der Waals surface area contributed by atoms with Crippen LogP contribution in [-0.4, -0.2) is 0 Å². The third-order valence-corrected chi connectivity index (χ3v) is 1.50. The molecule has 68 valence electrons. The Labute approximate surface area is 76.3 Å². The van der Waals surface area contributed by atoms with E-state index in [9.17, 15) is 0 Å². The molecule has 0 aliphatic heterocycles. The summed E-state index contributed by atoms with van der Waals surface area (Å²) in [5.41, 5.74) is 0. The number of rotatable bonds is 2. The van der Waals surface area contributed by atoms with Gasteiger partial charge in [-0.3, -0.25) is 0 Å². The number of furan rings is 2. The lowest BCUT2D eigenvalue weighted by Gasteiger charge is -1.82. The van der Waals surface area contributed by atoms with Crippen LogP contribution in [0.2, 0.25) is 0 Å².